The normalized spacial score (nSPS) is 11.9. The van der Waals surface area contributed by atoms with E-state index in [2.05, 4.69) is 5.32 Å². The Hall–Kier alpha value is -4.05. The predicted molar refractivity (Wildman–Crippen MR) is 160 cm³/mol. The summed E-state index contributed by atoms with van der Waals surface area (Å²) in [7, 11) is 0.143. The maximum absolute atomic E-state index is 14.2. The number of methoxy groups -OCH3 is 2. The summed E-state index contributed by atoms with van der Waals surface area (Å²) in [6.07, 6.45) is 0.350. The van der Waals surface area contributed by atoms with Crippen LogP contribution in [-0.4, -0.2) is 59.0 Å². The van der Waals surface area contributed by atoms with Gasteiger partial charge >= 0.3 is 0 Å². The SMILES string of the molecule is CCC(C(=O)NC)N(Cc1ccc(C)cc1)C(=O)CN(c1cc(C)cc(C)c1)S(=O)(=O)c1ccc(OC)c(OC)c1. The van der Waals surface area contributed by atoms with Gasteiger partial charge in [-0.1, -0.05) is 42.8 Å². The number of aryl methyl sites for hydroxylation is 3. The van der Waals surface area contributed by atoms with E-state index in [1.807, 2.05) is 58.0 Å². The molecule has 0 heterocycles. The van der Waals surface area contributed by atoms with Gasteiger partial charge in [0.1, 0.15) is 12.6 Å². The van der Waals surface area contributed by atoms with Gasteiger partial charge < -0.3 is 19.7 Å². The number of hydrogen-bond donors (Lipinski definition) is 1. The number of nitrogens with zero attached hydrogens (tertiary/aromatic N) is 2. The van der Waals surface area contributed by atoms with Gasteiger partial charge in [-0.05, 0) is 68.1 Å². The highest BCUT2D eigenvalue weighted by Crippen LogP contribution is 2.33. The third kappa shape index (κ3) is 7.38. The predicted octanol–water partition coefficient (Wildman–Crippen LogP) is 4.38. The third-order valence-electron chi connectivity index (χ3n) is 6.82. The molecule has 10 heteroatoms. The molecule has 9 nitrogen and oxygen atoms in total. The van der Waals surface area contributed by atoms with Crippen LogP contribution in [0.3, 0.4) is 0 Å². The topological polar surface area (TPSA) is 105 Å². The zero-order valence-corrected chi connectivity index (χ0v) is 25.5. The van der Waals surface area contributed by atoms with Crippen LogP contribution in [0.1, 0.15) is 35.6 Å². The van der Waals surface area contributed by atoms with Crippen molar-refractivity contribution in [3.63, 3.8) is 0 Å². The second kappa shape index (κ2) is 13.5. The lowest BCUT2D eigenvalue weighted by Crippen LogP contribution is -2.51. The van der Waals surface area contributed by atoms with Crippen molar-refractivity contribution in [2.75, 3.05) is 32.1 Å². The molecular weight excluding hydrogens is 542 g/mol. The first-order valence-electron chi connectivity index (χ1n) is 13.3. The smallest absolute Gasteiger partial charge is 0.264 e. The average molecular weight is 582 g/mol. The van der Waals surface area contributed by atoms with E-state index in [1.165, 1.54) is 44.4 Å². The molecule has 3 rings (SSSR count). The third-order valence-corrected chi connectivity index (χ3v) is 8.59. The van der Waals surface area contributed by atoms with Crippen molar-refractivity contribution in [1.82, 2.24) is 10.2 Å². The Kier molecular flexibility index (Phi) is 10.4. The lowest BCUT2D eigenvalue weighted by molar-refractivity contribution is -0.140. The highest BCUT2D eigenvalue weighted by atomic mass is 32.2. The van der Waals surface area contributed by atoms with Crippen molar-refractivity contribution in [3.8, 4) is 11.5 Å². The van der Waals surface area contributed by atoms with Gasteiger partial charge in [0.2, 0.25) is 11.8 Å². The monoisotopic (exact) mass is 581 g/mol. The fraction of sp³-hybridized carbons (Fsp3) is 0.355. The minimum atomic E-state index is -4.26. The largest absolute Gasteiger partial charge is 0.493 e. The molecule has 0 fully saturated rings. The zero-order chi connectivity index (χ0) is 30.3. The van der Waals surface area contributed by atoms with Gasteiger partial charge in [0.25, 0.3) is 10.0 Å². The Bertz CT molecular complexity index is 1470. The molecule has 0 radical (unpaired) electrons. The second-order valence-corrected chi connectivity index (χ2v) is 11.8. The fourth-order valence-electron chi connectivity index (χ4n) is 4.70. The van der Waals surface area contributed by atoms with E-state index in [0.717, 1.165) is 26.6 Å². The lowest BCUT2D eigenvalue weighted by atomic mass is 10.1. The Balaban J connectivity index is 2.13. The molecule has 0 saturated heterocycles. The number of benzene rings is 3. The van der Waals surface area contributed by atoms with Crippen LogP contribution in [0.15, 0.2) is 65.6 Å². The summed E-state index contributed by atoms with van der Waals surface area (Å²) < 4.78 is 40.1. The quantitative estimate of drug-likeness (QED) is 0.341. The Morgan fingerprint density at radius 2 is 1.46 bits per heavy atom. The number of rotatable bonds is 12. The number of anilines is 1. The minimum Gasteiger partial charge on any atom is -0.493 e. The van der Waals surface area contributed by atoms with E-state index in [9.17, 15) is 18.0 Å². The van der Waals surface area contributed by atoms with Crippen LogP contribution in [0.5, 0.6) is 11.5 Å². The molecule has 0 saturated carbocycles. The molecular formula is C31H39N3O6S. The highest BCUT2D eigenvalue weighted by Gasteiger charge is 2.34. The van der Waals surface area contributed by atoms with Gasteiger partial charge in [-0.2, -0.15) is 0 Å². The van der Waals surface area contributed by atoms with Gasteiger partial charge in [-0.15, -0.1) is 0 Å². The summed E-state index contributed by atoms with van der Waals surface area (Å²) in [6, 6.07) is 16.5. The van der Waals surface area contributed by atoms with Crippen LogP contribution in [0.25, 0.3) is 0 Å². The van der Waals surface area contributed by atoms with Crippen LogP contribution in [0.4, 0.5) is 5.69 Å². The number of amides is 2. The van der Waals surface area contributed by atoms with Crippen molar-refractivity contribution in [2.45, 2.75) is 51.6 Å². The van der Waals surface area contributed by atoms with Crippen LogP contribution < -0.4 is 19.1 Å². The molecule has 1 N–H and O–H groups in total. The van der Waals surface area contributed by atoms with E-state index in [0.29, 0.717) is 17.9 Å². The number of nitrogens with one attached hydrogen (secondary N) is 1. The lowest BCUT2D eigenvalue weighted by Gasteiger charge is -2.33. The molecule has 0 aliphatic heterocycles. The van der Waals surface area contributed by atoms with Gasteiger partial charge in [0, 0.05) is 19.7 Å². The Morgan fingerprint density at radius 1 is 0.854 bits per heavy atom. The van der Waals surface area contributed by atoms with Crippen LogP contribution in [0, 0.1) is 20.8 Å². The van der Waals surface area contributed by atoms with Crippen molar-refractivity contribution < 1.29 is 27.5 Å². The number of ether oxygens (including phenoxy) is 2. The maximum Gasteiger partial charge on any atom is 0.264 e. The molecule has 2 amide bonds. The zero-order valence-electron chi connectivity index (χ0n) is 24.7. The van der Waals surface area contributed by atoms with Gasteiger partial charge in [0.15, 0.2) is 11.5 Å². The van der Waals surface area contributed by atoms with Crippen molar-refractivity contribution >= 4 is 27.5 Å². The summed E-state index contributed by atoms with van der Waals surface area (Å²) >= 11 is 0. The maximum atomic E-state index is 14.2. The van der Waals surface area contributed by atoms with Crippen molar-refractivity contribution in [3.05, 3.63) is 82.9 Å². The van der Waals surface area contributed by atoms with E-state index in [-0.39, 0.29) is 23.1 Å². The molecule has 0 spiro atoms. The average Bonchev–Trinajstić information content (AvgIpc) is 2.95. The van der Waals surface area contributed by atoms with Crippen molar-refractivity contribution in [2.24, 2.45) is 0 Å². The number of hydrogen-bond acceptors (Lipinski definition) is 6. The summed E-state index contributed by atoms with van der Waals surface area (Å²) in [4.78, 5) is 28.3. The second-order valence-electron chi connectivity index (χ2n) is 9.92. The fourth-order valence-corrected chi connectivity index (χ4v) is 6.12. The molecule has 1 atom stereocenters. The van der Waals surface area contributed by atoms with Crippen molar-refractivity contribution in [1.29, 1.82) is 0 Å². The minimum absolute atomic E-state index is 0.0643. The molecule has 220 valence electrons. The molecule has 1 unspecified atom stereocenters. The Morgan fingerprint density at radius 3 is 2.00 bits per heavy atom. The molecule has 0 aliphatic rings. The molecule has 3 aromatic rings. The number of carbonyl (C=O) groups is 2. The van der Waals surface area contributed by atoms with Crippen LogP contribution in [0.2, 0.25) is 0 Å². The van der Waals surface area contributed by atoms with Crippen LogP contribution in [-0.2, 0) is 26.2 Å². The van der Waals surface area contributed by atoms with E-state index in [1.54, 1.807) is 12.1 Å². The molecule has 3 aromatic carbocycles. The number of likely N-dealkylation sites (N-methyl/N-ethyl adjacent to an activating group) is 1. The first-order valence-corrected chi connectivity index (χ1v) is 14.8. The van der Waals surface area contributed by atoms with Gasteiger partial charge in [-0.3, -0.25) is 13.9 Å². The first-order chi connectivity index (χ1) is 19.4. The summed E-state index contributed by atoms with van der Waals surface area (Å²) in [5.41, 5.74) is 3.91. The number of carbonyl (C=O) groups excluding carboxylic acids is 2. The number of sulfonamides is 1. The molecule has 0 aliphatic carbocycles. The molecule has 0 bridgehead atoms. The Labute approximate surface area is 243 Å². The van der Waals surface area contributed by atoms with Gasteiger partial charge in [-0.25, -0.2) is 8.42 Å². The summed E-state index contributed by atoms with van der Waals surface area (Å²) in [6.45, 7) is 7.13. The summed E-state index contributed by atoms with van der Waals surface area (Å²) in [5, 5.41) is 2.64. The van der Waals surface area contributed by atoms with Gasteiger partial charge in [0.05, 0.1) is 24.8 Å². The molecule has 41 heavy (non-hydrogen) atoms. The first kappa shape index (κ1) is 31.5. The highest BCUT2D eigenvalue weighted by molar-refractivity contribution is 7.92. The summed E-state index contributed by atoms with van der Waals surface area (Å²) in [5.74, 6) is -0.217. The van der Waals surface area contributed by atoms with Crippen LogP contribution >= 0.6 is 0 Å². The van der Waals surface area contributed by atoms with E-state index in [4.69, 9.17) is 9.47 Å². The molecule has 0 aromatic heterocycles. The van der Waals surface area contributed by atoms with E-state index < -0.39 is 28.5 Å². The standard InChI is InChI=1S/C31H39N3O6S/c1-8-27(31(36)32-5)33(19-24-11-9-21(2)10-12-24)30(35)20-34(25-16-22(3)15-23(4)17-25)41(37,38)26-13-14-28(39-6)29(18-26)40-7/h9-18,27H,8,19-20H2,1-7H3,(H,32,36). The van der Waals surface area contributed by atoms with E-state index >= 15 is 0 Å².